The number of furan rings is 1. The number of benzene rings is 1. The summed E-state index contributed by atoms with van der Waals surface area (Å²) in [4.78, 5) is 6.90. The van der Waals surface area contributed by atoms with Crippen molar-refractivity contribution in [3.8, 4) is 5.75 Å². The summed E-state index contributed by atoms with van der Waals surface area (Å²) in [5.74, 6) is 3.15. The maximum atomic E-state index is 5.91. The van der Waals surface area contributed by atoms with Crippen LogP contribution in [0.1, 0.15) is 12.2 Å². The zero-order valence-electron chi connectivity index (χ0n) is 16.7. The van der Waals surface area contributed by atoms with Crippen LogP contribution in [0.3, 0.4) is 0 Å². The fourth-order valence-corrected chi connectivity index (χ4v) is 3.07. The predicted molar refractivity (Wildman–Crippen MR) is 127 cm³/mol. The van der Waals surface area contributed by atoms with Crippen molar-refractivity contribution in [2.45, 2.75) is 12.8 Å². The summed E-state index contributed by atoms with van der Waals surface area (Å²) in [5.41, 5.74) is 0. The SMILES string of the molecule is CN(CCOc1ccc(Cl)cc1)C(=NCC1CCOC1)NCCc1ccco1.I. The Morgan fingerprint density at radius 1 is 1.31 bits per heavy atom. The Kier molecular flexibility index (Phi) is 10.7. The molecule has 0 radical (unpaired) electrons. The largest absolute Gasteiger partial charge is 0.492 e. The second-order valence-electron chi connectivity index (χ2n) is 6.87. The summed E-state index contributed by atoms with van der Waals surface area (Å²) in [7, 11) is 2.02. The van der Waals surface area contributed by atoms with Crippen molar-refractivity contribution in [2.75, 3.05) is 46.5 Å². The van der Waals surface area contributed by atoms with Crippen molar-refractivity contribution < 1.29 is 13.9 Å². The Morgan fingerprint density at radius 3 is 2.83 bits per heavy atom. The fourth-order valence-electron chi connectivity index (χ4n) is 2.94. The highest BCUT2D eigenvalue weighted by Gasteiger charge is 2.16. The molecule has 8 heteroatoms. The molecule has 3 rings (SSSR count). The van der Waals surface area contributed by atoms with Gasteiger partial charge >= 0.3 is 0 Å². The van der Waals surface area contributed by atoms with Gasteiger partial charge in [-0.1, -0.05) is 11.6 Å². The standard InChI is InChI=1S/C21H28ClN3O3.HI/c1-25(11-14-28-20-6-4-18(22)5-7-20)21(24-15-17-9-13-26-16-17)23-10-8-19-3-2-12-27-19;/h2-7,12,17H,8-11,13-16H2,1H3,(H,23,24);1H. The second-order valence-corrected chi connectivity index (χ2v) is 7.31. The van der Waals surface area contributed by atoms with Gasteiger partial charge in [0.1, 0.15) is 18.1 Å². The van der Waals surface area contributed by atoms with E-state index >= 15 is 0 Å². The molecule has 6 nitrogen and oxygen atoms in total. The van der Waals surface area contributed by atoms with Gasteiger partial charge in [0, 0.05) is 44.1 Å². The minimum absolute atomic E-state index is 0. The molecule has 1 aliphatic heterocycles. The molecule has 1 aromatic carbocycles. The van der Waals surface area contributed by atoms with Gasteiger partial charge in [-0.05, 0) is 42.8 Å². The highest BCUT2D eigenvalue weighted by Crippen LogP contribution is 2.15. The molecule has 0 saturated carbocycles. The lowest BCUT2D eigenvalue weighted by atomic mass is 10.1. The zero-order valence-corrected chi connectivity index (χ0v) is 19.8. The number of aliphatic imine (C=N–C) groups is 1. The molecule has 0 amide bonds. The average molecular weight is 534 g/mol. The molecule has 160 valence electrons. The van der Waals surface area contributed by atoms with E-state index in [1.807, 2.05) is 43.4 Å². The average Bonchev–Trinajstić information content (AvgIpc) is 3.40. The maximum absolute atomic E-state index is 5.91. The van der Waals surface area contributed by atoms with Crippen LogP contribution in [-0.2, 0) is 11.2 Å². The smallest absolute Gasteiger partial charge is 0.193 e. The zero-order chi connectivity index (χ0) is 19.6. The molecule has 2 aromatic rings. The summed E-state index contributed by atoms with van der Waals surface area (Å²) >= 11 is 5.91. The third-order valence-corrected chi connectivity index (χ3v) is 4.88. The van der Waals surface area contributed by atoms with Crippen molar-refractivity contribution in [2.24, 2.45) is 10.9 Å². The van der Waals surface area contributed by atoms with E-state index in [0.717, 1.165) is 63.2 Å². The van der Waals surface area contributed by atoms with Gasteiger partial charge in [-0.15, -0.1) is 24.0 Å². The molecule has 0 aliphatic carbocycles. The summed E-state index contributed by atoms with van der Waals surface area (Å²) in [6.07, 6.45) is 3.59. The van der Waals surface area contributed by atoms with Gasteiger partial charge in [0.2, 0.25) is 0 Å². The Bertz CT molecular complexity index is 719. The maximum Gasteiger partial charge on any atom is 0.193 e. The van der Waals surface area contributed by atoms with Crippen LogP contribution >= 0.6 is 35.6 Å². The molecule has 0 spiro atoms. The van der Waals surface area contributed by atoms with Crippen LogP contribution in [0, 0.1) is 5.92 Å². The number of halogens is 2. The van der Waals surface area contributed by atoms with E-state index in [9.17, 15) is 0 Å². The van der Waals surface area contributed by atoms with Crippen molar-refractivity contribution in [1.29, 1.82) is 0 Å². The second kappa shape index (κ2) is 13.0. The molecule has 1 aromatic heterocycles. The monoisotopic (exact) mass is 533 g/mol. The van der Waals surface area contributed by atoms with Crippen molar-refractivity contribution >= 4 is 41.5 Å². The number of nitrogens with one attached hydrogen (secondary N) is 1. The van der Waals surface area contributed by atoms with Gasteiger partial charge in [0.05, 0.1) is 19.4 Å². The first-order valence-electron chi connectivity index (χ1n) is 9.68. The third kappa shape index (κ3) is 8.44. The molecule has 1 saturated heterocycles. The number of rotatable bonds is 9. The highest BCUT2D eigenvalue weighted by molar-refractivity contribution is 14.0. The fraction of sp³-hybridized carbons (Fsp3) is 0.476. The summed E-state index contributed by atoms with van der Waals surface area (Å²) in [6, 6.07) is 11.3. The molecular formula is C21H29ClIN3O3. The van der Waals surface area contributed by atoms with Crippen LogP contribution in [0.4, 0.5) is 0 Å². The number of ether oxygens (including phenoxy) is 2. The first-order valence-corrected chi connectivity index (χ1v) is 10.1. The lowest BCUT2D eigenvalue weighted by Crippen LogP contribution is -2.42. The van der Waals surface area contributed by atoms with E-state index in [-0.39, 0.29) is 24.0 Å². The van der Waals surface area contributed by atoms with Crippen LogP contribution in [0.5, 0.6) is 5.75 Å². The minimum Gasteiger partial charge on any atom is -0.492 e. The molecule has 2 heterocycles. The molecule has 1 N–H and O–H groups in total. The van der Waals surface area contributed by atoms with E-state index in [1.54, 1.807) is 6.26 Å². The van der Waals surface area contributed by atoms with Crippen LogP contribution < -0.4 is 10.1 Å². The lowest BCUT2D eigenvalue weighted by molar-refractivity contribution is 0.187. The van der Waals surface area contributed by atoms with E-state index in [2.05, 4.69) is 10.2 Å². The van der Waals surface area contributed by atoms with Crippen molar-refractivity contribution in [3.63, 3.8) is 0 Å². The number of nitrogens with zero attached hydrogens (tertiary/aromatic N) is 2. The predicted octanol–water partition coefficient (Wildman–Crippen LogP) is 4.09. The number of hydrogen-bond donors (Lipinski definition) is 1. The van der Waals surface area contributed by atoms with Gasteiger partial charge in [-0.25, -0.2) is 0 Å². The van der Waals surface area contributed by atoms with Gasteiger partial charge < -0.3 is 24.1 Å². The topological polar surface area (TPSA) is 59.2 Å². The normalized spacial score (nSPS) is 16.3. The van der Waals surface area contributed by atoms with Gasteiger partial charge in [-0.3, -0.25) is 4.99 Å². The van der Waals surface area contributed by atoms with E-state index < -0.39 is 0 Å². The number of hydrogen-bond acceptors (Lipinski definition) is 4. The molecule has 1 atom stereocenters. The van der Waals surface area contributed by atoms with E-state index in [0.29, 0.717) is 17.5 Å². The Hall–Kier alpha value is -1.45. The molecule has 1 aliphatic rings. The van der Waals surface area contributed by atoms with Crippen LogP contribution in [0.2, 0.25) is 5.02 Å². The summed E-state index contributed by atoms with van der Waals surface area (Å²) in [5, 5.41) is 4.14. The molecule has 29 heavy (non-hydrogen) atoms. The summed E-state index contributed by atoms with van der Waals surface area (Å²) < 4.78 is 16.7. The Morgan fingerprint density at radius 2 is 2.14 bits per heavy atom. The molecular weight excluding hydrogens is 505 g/mol. The van der Waals surface area contributed by atoms with E-state index in [4.69, 9.17) is 30.5 Å². The molecule has 0 bridgehead atoms. The molecule has 1 unspecified atom stereocenters. The van der Waals surface area contributed by atoms with Crippen molar-refractivity contribution in [3.05, 3.63) is 53.4 Å². The van der Waals surface area contributed by atoms with Crippen molar-refractivity contribution in [1.82, 2.24) is 10.2 Å². The molecule has 1 fully saturated rings. The van der Waals surface area contributed by atoms with Crippen LogP contribution in [0.25, 0.3) is 0 Å². The Balaban J connectivity index is 0.00000300. The van der Waals surface area contributed by atoms with Gasteiger partial charge in [0.15, 0.2) is 5.96 Å². The number of guanidine groups is 1. The Labute approximate surface area is 194 Å². The summed E-state index contributed by atoms with van der Waals surface area (Å²) in [6.45, 7) is 4.44. The first-order chi connectivity index (χ1) is 13.7. The quantitative estimate of drug-likeness (QED) is 0.299. The van der Waals surface area contributed by atoms with E-state index in [1.165, 1.54) is 0 Å². The lowest BCUT2D eigenvalue weighted by Gasteiger charge is -2.23. The van der Waals surface area contributed by atoms with Crippen LogP contribution in [-0.4, -0.2) is 57.4 Å². The van der Waals surface area contributed by atoms with Gasteiger partial charge in [-0.2, -0.15) is 0 Å². The minimum atomic E-state index is 0. The van der Waals surface area contributed by atoms with Gasteiger partial charge in [0.25, 0.3) is 0 Å². The first kappa shape index (κ1) is 23.8. The number of likely N-dealkylation sites (N-methyl/N-ethyl adjacent to an activating group) is 1. The third-order valence-electron chi connectivity index (χ3n) is 4.63. The highest BCUT2D eigenvalue weighted by atomic mass is 127. The van der Waals surface area contributed by atoms with Crippen LogP contribution in [0.15, 0.2) is 52.1 Å².